The first-order valence-corrected chi connectivity index (χ1v) is 7.65. The molecule has 0 bridgehead atoms. The summed E-state index contributed by atoms with van der Waals surface area (Å²) in [5.41, 5.74) is 1.16. The molecule has 0 aromatic heterocycles. The Morgan fingerprint density at radius 2 is 1.87 bits per heavy atom. The van der Waals surface area contributed by atoms with Crippen LogP contribution < -0.4 is 4.74 Å². The summed E-state index contributed by atoms with van der Waals surface area (Å²) >= 11 is 3.34. The molecule has 1 aromatic rings. The highest BCUT2D eigenvalue weighted by atomic mass is 79.9. The van der Waals surface area contributed by atoms with Gasteiger partial charge in [0, 0.05) is 11.6 Å². The van der Waals surface area contributed by atoms with Crippen LogP contribution in [0, 0.1) is 0 Å². The van der Waals surface area contributed by atoms with Gasteiger partial charge in [0.15, 0.2) is 9.84 Å². The largest absolute Gasteiger partial charge is 0.493 e. The molecule has 0 amide bonds. The Hall–Kier alpha value is -0.550. The van der Waals surface area contributed by atoms with Crippen molar-refractivity contribution >= 4 is 25.8 Å². The first kappa shape index (κ1) is 12.5. The molecule has 0 spiro atoms. The van der Waals surface area contributed by atoms with Crippen LogP contribution in [0.1, 0.15) is 5.56 Å². The molecular weight excluding hydrogens is 280 g/mol. The lowest BCUT2D eigenvalue weighted by molar-refractivity contribution is 0.341. The van der Waals surface area contributed by atoms with Crippen molar-refractivity contribution in [3.8, 4) is 5.75 Å². The number of benzene rings is 1. The molecule has 0 atom stereocenters. The molecule has 15 heavy (non-hydrogen) atoms. The summed E-state index contributed by atoms with van der Waals surface area (Å²) in [5.74, 6) is 0.746. The van der Waals surface area contributed by atoms with Crippen molar-refractivity contribution in [1.82, 2.24) is 0 Å². The SMILES string of the molecule is CS(=O)(=O)CCOc1ccc(CBr)cc1. The average molecular weight is 293 g/mol. The summed E-state index contributed by atoms with van der Waals surface area (Å²) < 4.78 is 27.0. The van der Waals surface area contributed by atoms with Crippen molar-refractivity contribution in [2.24, 2.45) is 0 Å². The summed E-state index contributed by atoms with van der Waals surface area (Å²) in [5, 5.41) is 0.802. The maximum atomic E-state index is 10.8. The highest BCUT2D eigenvalue weighted by Crippen LogP contribution is 2.13. The minimum atomic E-state index is -2.94. The molecule has 0 aliphatic heterocycles. The summed E-state index contributed by atoms with van der Waals surface area (Å²) in [7, 11) is -2.94. The van der Waals surface area contributed by atoms with Gasteiger partial charge in [-0.1, -0.05) is 28.1 Å². The van der Waals surface area contributed by atoms with Crippen LogP contribution in [0.2, 0.25) is 0 Å². The van der Waals surface area contributed by atoms with Crippen molar-refractivity contribution in [3.63, 3.8) is 0 Å². The Morgan fingerprint density at radius 1 is 1.27 bits per heavy atom. The fourth-order valence-corrected chi connectivity index (χ4v) is 1.75. The molecule has 0 radical (unpaired) electrons. The minimum Gasteiger partial charge on any atom is -0.493 e. The number of rotatable bonds is 5. The van der Waals surface area contributed by atoms with Gasteiger partial charge in [-0.3, -0.25) is 0 Å². The molecule has 84 valence electrons. The van der Waals surface area contributed by atoms with Crippen molar-refractivity contribution in [2.45, 2.75) is 5.33 Å². The molecule has 0 saturated carbocycles. The van der Waals surface area contributed by atoms with Crippen LogP contribution in [-0.4, -0.2) is 27.0 Å². The van der Waals surface area contributed by atoms with Crippen LogP contribution in [0.5, 0.6) is 5.75 Å². The average Bonchev–Trinajstić information content (AvgIpc) is 2.17. The molecule has 0 unspecified atom stereocenters. The van der Waals surface area contributed by atoms with Crippen molar-refractivity contribution in [2.75, 3.05) is 18.6 Å². The number of ether oxygens (including phenoxy) is 1. The number of alkyl halides is 1. The van der Waals surface area contributed by atoms with Crippen LogP contribution in [0.25, 0.3) is 0 Å². The first-order chi connectivity index (χ1) is 7.01. The molecule has 0 fully saturated rings. The third kappa shape index (κ3) is 5.18. The van der Waals surface area contributed by atoms with E-state index in [4.69, 9.17) is 4.74 Å². The second-order valence-electron chi connectivity index (χ2n) is 3.26. The summed E-state index contributed by atoms with van der Waals surface area (Å²) in [6.45, 7) is 0.201. The molecule has 1 rings (SSSR count). The second kappa shape index (κ2) is 5.51. The third-order valence-corrected chi connectivity index (χ3v) is 3.36. The molecule has 0 aliphatic carbocycles. The van der Waals surface area contributed by atoms with Gasteiger partial charge in [-0.15, -0.1) is 0 Å². The van der Waals surface area contributed by atoms with E-state index in [0.717, 1.165) is 10.9 Å². The number of hydrogen-bond acceptors (Lipinski definition) is 3. The smallest absolute Gasteiger partial charge is 0.150 e. The molecule has 0 saturated heterocycles. The lowest BCUT2D eigenvalue weighted by Crippen LogP contribution is -2.11. The normalized spacial score (nSPS) is 11.3. The summed E-state index contributed by atoms with van der Waals surface area (Å²) in [6.07, 6.45) is 1.20. The van der Waals surface area contributed by atoms with Gasteiger partial charge in [-0.2, -0.15) is 0 Å². The summed E-state index contributed by atoms with van der Waals surface area (Å²) in [6, 6.07) is 7.53. The van der Waals surface area contributed by atoms with Gasteiger partial charge in [0.05, 0.1) is 5.75 Å². The van der Waals surface area contributed by atoms with Gasteiger partial charge in [-0.05, 0) is 17.7 Å². The van der Waals surface area contributed by atoms with Gasteiger partial charge >= 0.3 is 0 Å². The Morgan fingerprint density at radius 3 is 2.33 bits per heavy atom. The standard InChI is InChI=1S/C10H13BrO3S/c1-15(12,13)7-6-14-10-4-2-9(8-11)3-5-10/h2-5H,6-8H2,1H3. The predicted molar refractivity (Wildman–Crippen MR) is 64.3 cm³/mol. The summed E-state index contributed by atoms with van der Waals surface area (Å²) in [4.78, 5) is 0. The van der Waals surface area contributed by atoms with Crippen LogP contribution >= 0.6 is 15.9 Å². The van der Waals surface area contributed by atoms with E-state index >= 15 is 0 Å². The predicted octanol–water partition coefficient (Wildman–Crippen LogP) is 2.00. The van der Waals surface area contributed by atoms with Gasteiger partial charge in [0.2, 0.25) is 0 Å². The van der Waals surface area contributed by atoms with E-state index in [2.05, 4.69) is 15.9 Å². The zero-order chi connectivity index (χ0) is 11.3. The zero-order valence-corrected chi connectivity index (χ0v) is 10.8. The fraction of sp³-hybridized carbons (Fsp3) is 0.400. The maximum absolute atomic E-state index is 10.8. The lowest BCUT2D eigenvalue weighted by atomic mass is 10.2. The zero-order valence-electron chi connectivity index (χ0n) is 8.44. The number of halogens is 1. The first-order valence-electron chi connectivity index (χ1n) is 4.47. The van der Waals surface area contributed by atoms with Crippen molar-refractivity contribution in [1.29, 1.82) is 0 Å². The van der Waals surface area contributed by atoms with Gasteiger partial charge < -0.3 is 4.74 Å². The van der Waals surface area contributed by atoms with Crippen LogP contribution in [0.15, 0.2) is 24.3 Å². The Labute approximate surface area is 98.5 Å². The molecule has 5 heteroatoms. The van der Waals surface area contributed by atoms with Crippen molar-refractivity contribution in [3.05, 3.63) is 29.8 Å². The van der Waals surface area contributed by atoms with E-state index < -0.39 is 9.84 Å². The molecule has 3 nitrogen and oxygen atoms in total. The van der Waals surface area contributed by atoms with E-state index in [1.807, 2.05) is 24.3 Å². The maximum Gasteiger partial charge on any atom is 0.150 e. The van der Waals surface area contributed by atoms with Crippen molar-refractivity contribution < 1.29 is 13.2 Å². The fourth-order valence-electron chi connectivity index (χ4n) is 0.986. The Bertz CT molecular complexity index is 397. The quantitative estimate of drug-likeness (QED) is 0.780. The molecular formula is C10H13BrO3S. The third-order valence-electron chi connectivity index (χ3n) is 1.80. The van der Waals surface area contributed by atoms with Crippen LogP contribution in [0.4, 0.5) is 0 Å². The Balaban J connectivity index is 2.45. The van der Waals surface area contributed by atoms with E-state index in [0.29, 0.717) is 5.75 Å². The lowest BCUT2D eigenvalue weighted by Gasteiger charge is -2.05. The molecule has 0 heterocycles. The topological polar surface area (TPSA) is 43.4 Å². The molecule has 0 aliphatic rings. The van der Waals surface area contributed by atoms with E-state index in [-0.39, 0.29) is 12.4 Å². The van der Waals surface area contributed by atoms with E-state index in [9.17, 15) is 8.42 Å². The van der Waals surface area contributed by atoms with Gasteiger partial charge in [0.1, 0.15) is 12.4 Å². The Kier molecular flexibility index (Phi) is 4.60. The highest BCUT2D eigenvalue weighted by molar-refractivity contribution is 9.08. The van der Waals surface area contributed by atoms with Gasteiger partial charge in [-0.25, -0.2) is 8.42 Å². The van der Waals surface area contributed by atoms with Crippen LogP contribution in [0.3, 0.4) is 0 Å². The number of hydrogen-bond donors (Lipinski definition) is 0. The second-order valence-corrected chi connectivity index (χ2v) is 6.08. The molecule has 1 aromatic carbocycles. The van der Waals surface area contributed by atoms with E-state index in [1.165, 1.54) is 6.26 Å². The van der Waals surface area contributed by atoms with Gasteiger partial charge in [0.25, 0.3) is 0 Å². The highest BCUT2D eigenvalue weighted by Gasteiger charge is 2.02. The number of sulfone groups is 1. The van der Waals surface area contributed by atoms with Crippen LogP contribution in [-0.2, 0) is 15.2 Å². The monoisotopic (exact) mass is 292 g/mol. The van der Waals surface area contributed by atoms with E-state index in [1.54, 1.807) is 0 Å². The minimum absolute atomic E-state index is 0.0488. The molecule has 0 N–H and O–H groups in total.